The zero-order valence-electron chi connectivity index (χ0n) is 10.5. The number of aryl methyl sites for hydroxylation is 1. The van der Waals surface area contributed by atoms with Gasteiger partial charge in [0.1, 0.15) is 16.8 Å². The largest absolute Gasteiger partial charge is 0.377 e. The molecule has 0 amide bonds. The third-order valence-corrected chi connectivity index (χ3v) is 3.06. The molecular formula is C14H13ClF2N2. The first-order valence-electron chi connectivity index (χ1n) is 5.82. The Hall–Kier alpha value is -1.68. The van der Waals surface area contributed by atoms with Crippen LogP contribution in [0.1, 0.15) is 24.2 Å². The summed E-state index contributed by atoms with van der Waals surface area (Å²) in [7, 11) is 0. The molecule has 100 valence electrons. The number of halogens is 3. The van der Waals surface area contributed by atoms with Crippen molar-refractivity contribution >= 4 is 17.3 Å². The molecule has 0 aliphatic carbocycles. The van der Waals surface area contributed by atoms with Crippen molar-refractivity contribution in [2.75, 3.05) is 5.32 Å². The standard InChI is InChI=1S/C14H13ClF2N2/c1-8(11-4-3-10(16)7-12(11)17)18-13-5-6-14(15)19-9(13)2/h3-8,18H,1-2H3. The number of nitrogens with zero attached hydrogens (tertiary/aromatic N) is 1. The van der Waals surface area contributed by atoms with Crippen LogP contribution < -0.4 is 5.32 Å². The summed E-state index contributed by atoms with van der Waals surface area (Å²) in [5.41, 5.74) is 1.89. The maximum absolute atomic E-state index is 13.7. The van der Waals surface area contributed by atoms with Gasteiger partial charge < -0.3 is 5.32 Å². The second-order valence-corrected chi connectivity index (χ2v) is 4.69. The predicted octanol–water partition coefficient (Wildman–Crippen LogP) is 4.49. The van der Waals surface area contributed by atoms with Crippen LogP contribution in [0.4, 0.5) is 14.5 Å². The SMILES string of the molecule is Cc1nc(Cl)ccc1NC(C)c1ccc(F)cc1F. The smallest absolute Gasteiger partial charge is 0.131 e. The van der Waals surface area contributed by atoms with Crippen LogP contribution in [0.25, 0.3) is 0 Å². The topological polar surface area (TPSA) is 24.9 Å². The normalized spacial score (nSPS) is 12.3. The number of hydrogen-bond acceptors (Lipinski definition) is 2. The molecule has 1 aromatic heterocycles. The summed E-state index contributed by atoms with van der Waals surface area (Å²) >= 11 is 5.77. The molecule has 1 heterocycles. The molecule has 0 bridgehead atoms. The van der Waals surface area contributed by atoms with Gasteiger partial charge in [-0.2, -0.15) is 0 Å². The molecular weight excluding hydrogens is 270 g/mol. The van der Waals surface area contributed by atoms with Gasteiger partial charge in [-0.05, 0) is 32.0 Å². The molecule has 2 nitrogen and oxygen atoms in total. The average molecular weight is 283 g/mol. The number of rotatable bonds is 3. The Bertz CT molecular complexity index is 602. The van der Waals surface area contributed by atoms with Crippen LogP contribution in [-0.2, 0) is 0 Å². The van der Waals surface area contributed by atoms with Crippen LogP contribution in [0.5, 0.6) is 0 Å². The van der Waals surface area contributed by atoms with Crippen molar-refractivity contribution in [2.45, 2.75) is 19.9 Å². The van der Waals surface area contributed by atoms with Gasteiger partial charge in [0.25, 0.3) is 0 Å². The van der Waals surface area contributed by atoms with E-state index in [9.17, 15) is 8.78 Å². The maximum atomic E-state index is 13.7. The summed E-state index contributed by atoms with van der Waals surface area (Å²) in [6, 6.07) is 6.68. The third kappa shape index (κ3) is 3.20. The van der Waals surface area contributed by atoms with Gasteiger partial charge in [0.15, 0.2) is 0 Å². The van der Waals surface area contributed by atoms with E-state index in [0.29, 0.717) is 10.7 Å². The number of anilines is 1. The fourth-order valence-electron chi connectivity index (χ4n) is 1.85. The fourth-order valence-corrected chi connectivity index (χ4v) is 2.04. The average Bonchev–Trinajstić information content (AvgIpc) is 2.32. The van der Waals surface area contributed by atoms with Crippen molar-refractivity contribution in [2.24, 2.45) is 0 Å². The van der Waals surface area contributed by atoms with Crippen molar-refractivity contribution in [1.82, 2.24) is 4.98 Å². The molecule has 0 spiro atoms. The lowest BCUT2D eigenvalue weighted by Gasteiger charge is -2.17. The Morgan fingerprint density at radius 3 is 2.58 bits per heavy atom. The third-order valence-electron chi connectivity index (χ3n) is 2.85. The van der Waals surface area contributed by atoms with Crippen molar-refractivity contribution < 1.29 is 8.78 Å². The monoisotopic (exact) mass is 282 g/mol. The quantitative estimate of drug-likeness (QED) is 0.839. The summed E-state index contributed by atoms with van der Waals surface area (Å²) in [5.74, 6) is -1.16. The number of aromatic nitrogens is 1. The molecule has 1 N–H and O–H groups in total. The van der Waals surface area contributed by atoms with E-state index in [0.717, 1.165) is 17.4 Å². The molecule has 0 saturated carbocycles. The van der Waals surface area contributed by atoms with Crippen LogP contribution in [0.15, 0.2) is 30.3 Å². The molecule has 0 aliphatic rings. The van der Waals surface area contributed by atoms with Crippen LogP contribution in [0.3, 0.4) is 0 Å². The van der Waals surface area contributed by atoms with Crippen LogP contribution in [0, 0.1) is 18.6 Å². The first-order valence-corrected chi connectivity index (χ1v) is 6.20. The highest BCUT2D eigenvalue weighted by atomic mass is 35.5. The molecule has 1 unspecified atom stereocenters. The first kappa shape index (κ1) is 13.7. The highest BCUT2D eigenvalue weighted by molar-refractivity contribution is 6.29. The first-order chi connectivity index (χ1) is 8.97. The fraction of sp³-hybridized carbons (Fsp3) is 0.214. The van der Waals surface area contributed by atoms with Crippen molar-refractivity contribution in [1.29, 1.82) is 0 Å². The van der Waals surface area contributed by atoms with Gasteiger partial charge in [-0.3, -0.25) is 0 Å². The Balaban J connectivity index is 2.23. The van der Waals surface area contributed by atoms with E-state index >= 15 is 0 Å². The lowest BCUT2D eigenvalue weighted by Crippen LogP contribution is -2.10. The molecule has 1 atom stereocenters. The van der Waals surface area contributed by atoms with E-state index < -0.39 is 11.6 Å². The molecule has 1 aromatic carbocycles. The number of hydrogen-bond donors (Lipinski definition) is 1. The molecule has 19 heavy (non-hydrogen) atoms. The minimum absolute atomic E-state index is 0.303. The zero-order valence-corrected chi connectivity index (χ0v) is 11.3. The maximum Gasteiger partial charge on any atom is 0.131 e. The highest BCUT2D eigenvalue weighted by Crippen LogP contribution is 2.24. The lowest BCUT2D eigenvalue weighted by molar-refractivity contribution is 0.566. The van der Waals surface area contributed by atoms with E-state index in [4.69, 9.17) is 11.6 Å². The molecule has 0 fully saturated rings. The molecule has 0 aliphatic heterocycles. The summed E-state index contributed by atoms with van der Waals surface area (Å²) in [5, 5.41) is 3.54. The number of benzene rings is 1. The molecule has 2 aromatic rings. The summed E-state index contributed by atoms with van der Waals surface area (Å²) in [6.07, 6.45) is 0. The van der Waals surface area contributed by atoms with Gasteiger partial charge in [-0.25, -0.2) is 13.8 Å². The molecule has 5 heteroatoms. The van der Waals surface area contributed by atoms with Gasteiger partial charge in [0.05, 0.1) is 17.4 Å². The number of pyridine rings is 1. The van der Waals surface area contributed by atoms with E-state index in [1.807, 2.05) is 6.92 Å². The van der Waals surface area contributed by atoms with Crippen molar-refractivity contribution in [3.8, 4) is 0 Å². The Labute approximate surface area is 115 Å². The minimum Gasteiger partial charge on any atom is -0.377 e. The van der Waals surface area contributed by atoms with Crippen LogP contribution >= 0.6 is 11.6 Å². The Morgan fingerprint density at radius 2 is 1.95 bits per heavy atom. The minimum atomic E-state index is -0.585. The van der Waals surface area contributed by atoms with Crippen molar-refractivity contribution in [3.05, 3.63) is 58.4 Å². The van der Waals surface area contributed by atoms with E-state index in [1.165, 1.54) is 12.1 Å². The lowest BCUT2D eigenvalue weighted by atomic mass is 10.1. The second kappa shape index (κ2) is 5.53. The summed E-state index contributed by atoms with van der Waals surface area (Å²) in [4.78, 5) is 4.11. The zero-order chi connectivity index (χ0) is 14.0. The van der Waals surface area contributed by atoms with Gasteiger partial charge in [-0.15, -0.1) is 0 Å². The second-order valence-electron chi connectivity index (χ2n) is 4.30. The Kier molecular flexibility index (Phi) is 4.00. The van der Waals surface area contributed by atoms with Crippen molar-refractivity contribution in [3.63, 3.8) is 0 Å². The van der Waals surface area contributed by atoms with E-state index in [-0.39, 0.29) is 6.04 Å². The highest BCUT2D eigenvalue weighted by Gasteiger charge is 2.12. The Morgan fingerprint density at radius 1 is 1.21 bits per heavy atom. The molecule has 2 rings (SSSR count). The van der Waals surface area contributed by atoms with E-state index in [2.05, 4.69) is 10.3 Å². The number of nitrogens with one attached hydrogen (secondary N) is 1. The molecule has 0 radical (unpaired) electrons. The summed E-state index contributed by atoms with van der Waals surface area (Å²) in [6.45, 7) is 3.60. The predicted molar refractivity (Wildman–Crippen MR) is 72.4 cm³/mol. The van der Waals surface area contributed by atoms with Crippen LogP contribution in [-0.4, -0.2) is 4.98 Å². The van der Waals surface area contributed by atoms with Gasteiger partial charge in [0, 0.05) is 11.6 Å². The van der Waals surface area contributed by atoms with Gasteiger partial charge in [0.2, 0.25) is 0 Å². The summed E-state index contributed by atoms with van der Waals surface area (Å²) < 4.78 is 26.5. The van der Waals surface area contributed by atoms with E-state index in [1.54, 1.807) is 19.1 Å². The van der Waals surface area contributed by atoms with Gasteiger partial charge >= 0.3 is 0 Å². The van der Waals surface area contributed by atoms with Gasteiger partial charge in [-0.1, -0.05) is 17.7 Å². The molecule has 0 saturated heterocycles. The van der Waals surface area contributed by atoms with Crippen LogP contribution in [0.2, 0.25) is 5.15 Å².